The lowest BCUT2D eigenvalue weighted by Gasteiger charge is -2.17. The average molecular weight is 278 g/mol. The molecule has 2 atom stereocenters. The van der Waals surface area contributed by atoms with E-state index in [0.717, 1.165) is 5.75 Å². The fourth-order valence-electron chi connectivity index (χ4n) is 1.13. The third-order valence-corrected chi connectivity index (χ3v) is 3.08. The fourth-order valence-corrected chi connectivity index (χ4v) is 1.81. The number of carboxylic acid groups (broad SMARTS) is 2. The molecule has 2 unspecified atom stereocenters. The summed E-state index contributed by atoms with van der Waals surface area (Å²) < 4.78 is 0. The molecule has 2 amide bonds. The molecule has 0 radical (unpaired) electrons. The number of rotatable bonds is 8. The van der Waals surface area contributed by atoms with Crippen LogP contribution in [0, 0.1) is 0 Å². The first-order valence-corrected chi connectivity index (χ1v) is 6.61. The maximum absolute atomic E-state index is 11.4. The van der Waals surface area contributed by atoms with E-state index >= 15 is 0 Å². The maximum Gasteiger partial charge on any atom is 0.326 e. The van der Waals surface area contributed by atoms with Gasteiger partial charge in [0.2, 0.25) is 0 Å². The van der Waals surface area contributed by atoms with E-state index in [2.05, 4.69) is 10.6 Å². The van der Waals surface area contributed by atoms with Crippen molar-refractivity contribution in [3.63, 3.8) is 0 Å². The van der Waals surface area contributed by atoms with E-state index in [0.29, 0.717) is 5.75 Å². The molecule has 0 fully saturated rings. The second kappa shape index (κ2) is 8.62. The highest BCUT2D eigenvalue weighted by atomic mass is 32.2. The maximum atomic E-state index is 11.4. The van der Waals surface area contributed by atoms with Gasteiger partial charge in [0.25, 0.3) is 0 Å². The fraction of sp³-hybridized carbons (Fsp3) is 0.700. The van der Waals surface area contributed by atoms with Gasteiger partial charge in [0, 0.05) is 11.8 Å². The van der Waals surface area contributed by atoms with Crippen molar-refractivity contribution in [1.29, 1.82) is 0 Å². The van der Waals surface area contributed by atoms with Crippen LogP contribution in [0.15, 0.2) is 0 Å². The molecule has 0 saturated carbocycles. The van der Waals surface area contributed by atoms with Crippen LogP contribution in [0.4, 0.5) is 4.79 Å². The van der Waals surface area contributed by atoms with Crippen molar-refractivity contribution < 1.29 is 24.6 Å². The number of hydrogen-bond acceptors (Lipinski definition) is 4. The summed E-state index contributed by atoms with van der Waals surface area (Å²) in [5, 5.41) is 21.9. The van der Waals surface area contributed by atoms with Crippen LogP contribution in [-0.4, -0.2) is 51.8 Å². The molecule has 0 aromatic heterocycles. The summed E-state index contributed by atoms with van der Waals surface area (Å²) in [6.45, 7) is 3.78. The molecule has 0 rings (SSSR count). The monoisotopic (exact) mass is 278 g/mol. The Kier molecular flexibility index (Phi) is 7.93. The van der Waals surface area contributed by atoms with Gasteiger partial charge in [0.05, 0.1) is 6.42 Å². The Labute approximate surface area is 109 Å². The molecular formula is C10H18N2O5S. The zero-order valence-corrected chi connectivity index (χ0v) is 11.1. The topological polar surface area (TPSA) is 116 Å². The van der Waals surface area contributed by atoms with E-state index in [4.69, 9.17) is 10.2 Å². The number of amides is 2. The lowest BCUT2D eigenvalue weighted by Crippen LogP contribution is -2.49. The number of aliphatic carboxylic acids is 2. The van der Waals surface area contributed by atoms with E-state index in [1.807, 2.05) is 6.92 Å². The minimum Gasteiger partial charge on any atom is -0.481 e. The van der Waals surface area contributed by atoms with E-state index in [9.17, 15) is 14.4 Å². The highest BCUT2D eigenvalue weighted by molar-refractivity contribution is 7.99. The quantitative estimate of drug-likeness (QED) is 0.509. The lowest BCUT2D eigenvalue weighted by atomic mass is 10.2. The molecule has 0 aromatic rings. The van der Waals surface area contributed by atoms with Gasteiger partial charge in [-0.15, -0.1) is 0 Å². The second-order valence-electron chi connectivity index (χ2n) is 3.67. The van der Waals surface area contributed by atoms with Crippen LogP contribution in [0.5, 0.6) is 0 Å². The molecule has 104 valence electrons. The number of hydrogen-bond donors (Lipinski definition) is 4. The van der Waals surface area contributed by atoms with Crippen LogP contribution in [0.25, 0.3) is 0 Å². The Bertz CT molecular complexity index is 311. The molecular weight excluding hydrogens is 260 g/mol. The molecule has 0 aromatic carbocycles. The van der Waals surface area contributed by atoms with E-state index in [1.54, 1.807) is 18.7 Å². The molecule has 7 nitrogen and oxygen atoms in total. The summed E-state index contributed by atoms with van der Waals surface area (Å²) in [5.41, 5.74) is 0. The normalized spacial score (nSPS) is 13.4. The first kappa shape index (κ1) is 16.6. The van der Waals surface area contributed by atoms with Crippen LogP contribution in [-0.2, 0) is 9.59 Å². The lowest BCUT2D eigenvalue weighted by molar-refractivity contribution is -0.145. The largest absolute Gasteiger partial charge is 0.481 e. The van der Waals surface area contributed by atoms with Crippen molar-refractivity contribution >= 4 is 29.7 Å². The van der Waals surface area contributed by atoms with Gasteiger partial charge in [0.1, 0.15) is 6.04 Å². The van der Waals surface area contributed by atoms with Crippen molar-refractivity contribution in [2.24, 2.45) is 0 Å². The third-order valence-electron chi connectivity index (χ3n) is 1.93. The number of carbonyl (C=O) groups is 3. The van der Waals surface area contributed by atoms with Gasteiger partial charge >= 0.3 is 18.0 Å². The Balaban J connectivity index is 4.17. The molecule has 0 aliphatic rings. The molecule has 0 heterocycles. The van der Waals surface area contributed by atoms with Crippen molar-refractivity contribution in [2.75, 3.05) is 11.5 Å². The summed E-state index contributed by atoms with van der Waals surface area (Å²) in [4.78, 5) is 32.6. The SMILES string of the molecule is CCSCC(C)NC(=O)NC(CC(=O)O)C(=O)O. The Hall–Kier alpha value is -1.44. The third kappa shape index (κ3) is 7.77. The molecule has 0 spiro atoms. The van der Waals surface area contributed by atoms with Crippen molar-refractivity contribution in [2.45, 2.75) is 32.4 Å². The average Bonchev–Trinajstić information content (AvgIpc) is 2.24. The van der Waals surface area contributed by atoms with E-state index in [1.165, 1.54) is 0 Å². The number of thioether (sulfide) groups is 1. The molecule has 0 saturated heterocycles. The predicted molar refractivity (Wildman–Crippen MR) is 67.8 cm³/mol. The van der Waals surface area contributed by atoms with Gasteiger partial charge in [-0.1, -0.05) is 6.92 Å². The van der Waals surface area contributed by atoms with Crippen molar-refractivity contribution in [3.8, 4) is 0 Å². The van der Waals surface area contributed by atoms with Gasteiger partial charge in [-0.2, -0.15) is 11.8 Å². The summed E-state index contributed by atoms with van der Waals surface area (Å²) in [7, 11) is 0. The smallest absolute Gasteiger partial charge is 0.326 e. The first-order chi connectivity index (χ1) is 8.36. The molecule has 4 N–H and O–H groups in total. The van der Waals surface area contributed by atoms with E-state index < -0.39 is 30.4 Å². The summed E-state index contributed by atoms with van der Waals surface area (Å²) in [6, 6.07) is -2.21. The van der Waals surface area contributed by atoms with Crippen molar-refractivity contribution in [1.82, 2.24) is 10.6 Å². The zero-order valence-electron chi connectivity index (χ0n) is 10.3. The van der Waals surface area contributed by atoms with Gasteiger partial charge in [-0.3, -0.25) is 4.79 Å². The number of carbonyl (C=O) groups excluding carboxylic acids is 1. The molecule has 8 heteroatoms. The van der Waals surface area contributed by atoms with Gasteiger partial charge in [0.15, 0.2) is 0 Å². The summed E-state index contributed by atoms with van der Waals surface area (Å²) >= 11 is 1.64. The number of carboxylic acids is 2. The minimum atomic E-state index is -1.42. The van der Waals surface area contributed by atoms with E-state index in [-0.39, 0.29) is 6.04 Å². The minimum absolute atomic E-state index is 0.116. The van der Waals surface area contributed by atoms with Crippen LogP contribution in [0.3, 0.4) is 0 Å². The van der Waals surface area contributed by atoms with Gasteiger partial charge in [-0.25, -0.2) is 9.59 Å². The molecule has 0 aliphatic heterocycles. The van der Waals surface area contributed by atoms with Crippen LogP contribution >= 0.6 is 11.8 Å². The highest BCUT2D eigenvalue weighted by Crippen LogP contribution is 2.01. The summed E-state index contributed by atoms with van der Waals surface area (Å²) in [6.07, 6.45) is -0.652. The molecule has 18 heavy (non-hydrogen) atoms. The number of nitrogens with one attached hydrogen (secondary N) is 2. The molecule has 0 aliphatic carbocycles. The summed E-state index contributed by atoms with van der Waals surface area (Å²) in [5.74, 6) is -1.02. The zero-order chi connectivity index (χ0) is 14.1. The van der Waals surface area contributed by atoms with Crippen LogP contribution in [0.1, 0.15) is 20.3 Å². The first-order valence-electron chi connectivity index (χ1n) is 5.46. The Morgan fingerprint density at radius 2 is 1.83 bits per heavy atom. The Morgan fingerprint density at radius 3 is 2.28 bits per heavy atom. The molecule has 0 bridgehead atoms. The van der Waals surface area contributed by atoms with Crippen molar-refractivity contribution in [3.05, 3.63) is 0 Å². The van der Waals surface area contributed by atoms with Gasteiger partial charge in [-0.05, 0) is 12.7 Å². The standard InChI is InChI=1S/C10H18N2O5S/c1-3-18-5-6(2)11-10(17)12-7(9(15)16)4-8(13)14/h6-7H,3-5H2,1-2H3,(H,13,14)(H,15,16)(H2,11,12,17). The highest BCUT2D eigenvalue weighted by Gasteiger charge is 2.23. The second-order valence-corrected chi connectivity index (χ2v) is 4.99. The van der Waals surface area contributed by atoms with Gasteiger partial charge < -0.3 is 20.8 Å². The van der Waals surface area contributed by atoms with Crippen LogP contribution in [0.2, 0.25) is 0 Å². The Morgan fingerprint density at radius 1 is 1.22 bits per heavy atom. The van der Waals surface area contributed by atoms with Crippen LogP contribution < -0.4 is 10.6 Å². The number of urea groups is 1. The predicted octanol–water partition coefficient (Wildman–Crippen LogP) is 0.355.